The first-order valence-corrected chi connectivity index (χ1v) is 8.51. The van der Waals surface area contributed by atoms with Gasteiger partial charge in [-0.25, -0.2) is 4.79 Å². The molecule has 0 aliphatic rings. The standard InChI is InChI=1S/C17H36N4O2/c1-13(2)12-20-15(18-8)19-10-9-11-21(14(3)4)16(22)23-17(5,6)7/h13-14H,9-12H2,1-8H3,(H2,18,19,20). The minimum atomic E-state index is -0.467. The Balaban J connectivity index is 4.26. The minimum Gasteiger partial charge on any atom is -0.444 e. The van der Waals surface area contributed by atoms with Crippen LogP contribution in [0.1, 0.15) is 54.9 Å². The molecule has 6 heteroatoms. The van der Waals surface area contributed by atoms with Gasteiger partial charge in [-0.3, -0.25) is 4.99 Å². The smallest absolute Gasteiger partial charge is 0.410 e. The summed E-state index contributed by atoms with van der Waals surface area (Å²) in [5.74, 6) is 1.37. The second-order valence-corrected chi connectivity index (χ2v) is 7.39. The molecule has 6 nitrogen and oxygen atoms in total. The van der Waals surface area contributed by atoms with Crippen LogP contribution in [0.25, 0.3) is 0 Å². The van der Waals surface area contributed by atoms with E-state index in [1.807, 2.05) is 34.6 Å². The lowest BCUT2D eigenvalue weighted by molar-refractivity contribution is 0.0190. The predicted molar refractivity (Wildman–Crippen MR) is 96.9 cm³/mol. The van der Waals surface area contributed by atoms with E-state index in [9.17, 15) is 4.79 Å². The maximum Gasteiger partial charge on any atom is 0.410 e. The number of guanidine groups is 1. The highest BCUT2D eigenvalue weighted by Crippen LogP contribution is 2.12. The molecule has 0 aromatic heterocycles. The van der Waals surface area contributed by atoms with Crippen LogP contribution in [0.15, 0.2) is 4.99 Å². The van der Waals surface area contributed by atoms with E-state index in [0.29, 0.717) is 12.5 Å². The van der Waals surface area contributed by atoms with Crippen LogP contribution in [0.3, 0.4) is 0 Å². The molecule has 136 valence electrons. The molecule has 0 rings (SSSR count). The Labute approximate surface area is 142 Å². The summed E-state index contributed by atoms with van der Waals surface area (Å²) in [6.45, 7) is 16.3. The van der Waals surface area contributed by atoms with E-state index in [-0.39, 0.29) is 12.1 Å². The van der Waals surface area contributed by atoms with Crippen LogP contribution in [0.4, 0.5) is 4.79 Å². The summed E-state index contributed by atoms with van der Waals surface area (Å²) in [6, 6.07) is 0.114. The first-order valence-electron chi connectivity index (χ1n) is 8.51. The molecule has 23 heavy (non-hydrogen) atoms. The maximum absolute atomic E-state index is 12.2. The molecule has 0 bridgehead atoms. The van der Waals surface area contributed by atoms with Gasteiger partial charge >= 0.3 is 6.09 Å². The van der Waals surface area contributed by atoms with E-state index in [0.717, 1.165) is 25.5 Å². The van der Waals surface area contributed by atoms with Crippen LogP contribution in [-0.2, 0) is 4.74 Å². The van der Waals surface area contributed by atoms with Crippen LogP contribution in [0.2, 0.25) is 0 Å². The van der Waals surface area contributed by atoms with E-state index in [1.54, 1.807) is 11.9 Å². The van der Waals surface area contributed by atoms with E-state index >= 15 is 0 Å². The topological polar surface area (TPSA) is 66.0 Å². The van der Waals surface area contributed by atoms with E-state index in [1.165, 1.54) is 0 Å². The predicted octanol–water partition coefficient (Wildman–Crippen LogP) is 2.84. The number of carbonyl (C=O) groups excluding carboxylic acids is 1. The second kappa shape index (κ2) is 10.3. The summed E-state index contributed by atoms with van der Waals surface area (Å²) in [4.78, 5) is 18.2. The van der Waals surface area contributed by atoms with Gasteiger partial charge in [0.2, 0.25) is 0 Å². The van der Waals surface area contributed by atoms with Gasteiger partial charge in [0.1, 0.15) is 5.60 Å². The van der Waals surface area contributed by atoms with Crippen molar-refractivity contribution in [1.29, 1.82) is 0 Å². The first kappa shape index (κ1) is 21.5. The summed E-state index contributed by atoms with van der Waals surface area (Å²) in [5.41, 5.74) is -0.467. The molecule has 0 saturated heterocycles. The number of nitrogens with zero attached hydrogens (tertiary/aromatic N) is 2. The fourth-order valence-electron chi connectivity index (χ4n) is 1.86. The molecule has 0 unspecified atom stereocenters. The van der Waals surface area contributed by atoms with Gasteiger partial charge in [-0.15, -0.1) is 0 Å². The summed E-state index contributed by atoms with van der Waals surface area (Å²) < 4.78 is 5.46. The molecule has 1 amide bonds. The number of hydrogen-bond acceptors (Lipinski definition) is 3. The van der Waals surface area contributed by atoms with Crippen molar-refractivity contribution in [3.8, 4) is 0 Å². The first-order chi connectivity index (χ1) is 10.6. The Hall–Kier alpha value is -1.46. The summed E-state index contributed by atoms with van der Waals surface area (Å²) >= 11 is 0. The van der Waals surface area contributed by atoms with Gasteiger partial charge in [0.25, 0.3) is 0 Å². The highest BCUT2D eigenvalue weighted by Gasteiger charge is 2.23. The number of nitrogens with one attached hydrogen (secondary N) is 2. The van der Waals surface area contributed by atoms with Crippen molar-refractivity contribution in [2.75, 3.05) is 26.7 Å². The van der Waals surface area contributed by atoms with Gasteiger partial charge < -0.3 is 20.3 Å². The van der Waals surface area contributed by atoms with Crippen molar-refractivity contribution in [1.82, 2.24) is 15.5 Å². The Kier molecular flexibility index (Phi) is 9.68. The third-order valence-electron chi connectivity index (χ3n) is 3.02. The molecular weight excluding hydrogens is 292 g/mol. The number of carbonyl (C=O) groups is 1. The van der Waals surface area contributed by atoms with Gasteiger partial charge in [0.15, 0.2) is 5.96 Å². The number of hydrogen-bond donors (Lipinski definition) is 2. The van der Waals surface area contributed by atoms with E-state index in [2.05, 4.69) is 29.5 Å². The van der Waals surface area contributed by atoms with Crippen LogP contribution in [-0.4, -0.2) is 55.3 Å². The number of ether oxygens (including phenoxy) is 1. The van der Waals surface area contributed by atoms with E-state index < -0.39 is 5.60 Å². The number of amides is 1. The van der Waals surface area contributed by atoms with Gasteiger partial charge in [0.05, 0.1) is 0 Å². The quantitative estimate of drug-likeness (QED) is 0.428. The van der Waals surface area contributed by atoms with Gasteiger partial charge in [-0.2, -0.15) is 0 Å². The summed E-state index contributed by atoms with van der Waals surface area (Å²) in [5, 5.41) is 6.53. The Bertz CT molecular complexity index is 373. The molecular formula is C17H36N4O2. The zero-order chi connectivity index (χ0) is 18.0. The van der Waals surface area contributed by atoms with Crippen molar-refractivity contribution in [2.24, 2.45) is 10.9 Å². The minimum absolute atomic E-state index is 0.114. The van der Waals surface area contributed by atoms with Crippen LogP contribution in [0.5, 0.6) is 0 Å². The van der Waals surface area contributed by atoms with Crippen molar-refractivity contribution in [3.63, 3.8) is 0 Å². The Morgan fingerprint density at radius 1 is 1.17 bits per heavy atom. The highest BCUT2D eigenvalue weighted by molar-refractivity contribution is 5.79. The molecule has 0 heterocycles. The molecule has 0 fully saturated rings. The lowest BCUT2D eigenvalue weighted by Gasteiger charge is -2.30. The zero-order valence-electron chi connectivity index (χ0n) is 16.2. The highest BCUT2D eigenvalue weighted by atomic mass is 16.6. The number of aliphatic imine (C=N–C) groups is 1. The molecule has 0 saturated carbocycles. The van der Waals surface area contributed by atoms with Crippen molar-refractivity contribution in [3.05, 3.63) is 0 Å². The van der Waals surface area contributed by atoms with E-state index in [4.69, 9.17) is 4.74 Å². The second-order valence-electron chi connectivity index (χ2n) is 7.39. The largest absolute Gasteiger partial charge is 0.444 e. The molecule has 0 aromatic carbocycles. The van der Waals surface area contributed by atoms with Crippen LogP contribution >= 0.6 is 0 Å². The normalized spacial score (nSPS) is 12.5. The Morgan fingerprint density at radius 2 is 1.78 bits per heavy atom. The fourth-order valence-corrected chi connectivity index (χ4v) is 1.86. The van der Waals surface area contributed by atoms with Crippen molar-refractivity contribution < 1.29 is 9.53 Å². The van der Waals surface area contributed by atoms with Gasteiger partial charge in [-0.1, -0.05) is 13.8 Å². The SMILES string of the molecule is CN=C(NCCCN(C(=O)OC(C)(C)C)C(C)C)NCC(C)C. The van der Waals surface area contributed by atoms with Crippen molar-refractivity contribution in [2.45, 2.75) is 66.5 Å². The van der Waals surface area contributed by atoms with Crippen LogP contribution in [0, 0.1) is 5.92 Å². The molecule has 0 aromatic rings. The maximum atomic E-state index is 12.2. The molecule has 0 radical (unpaired) electrons. The lowest BCUT2D eigenvalue weighted by atomic mass is 10.2. The summed E-state index contributed by atoms with van der Waals surface area (Å²) in [6.07, 6.45) is 0.578. The van der Waals surface area contributed by atoms with Gasteiger partial charge in [0, 0.05) is 32.7 Å². The molecule has 0 atom stereocenters. The lowest BCUT2D eigenvalue weighted by Crippen LogP contribution is -2.43. The average molecular weight is 329 g/mol. The van der Waals surface area contributed by atoms with Crippen LogP contribution < -0.4 is 10.6 Å². The average Bonchev–Trinajstić information content (AvgIpc) is 2.38. The third-order valence-corrected chi connectivity index (χ3v) is 3.02. The monoisotopic (exact) mass is 328 g/mol. The third kappa shape index (κ3) is 10.8. The molecule has 0 aliphatic heterocycles. The molecule has 2 N–H and O–H groups in total. The summed E-state index contributed by atoms with van der Waals surface area (Å²) in [7, 11) is 1.76. The molecule has 0 aliphatic carbocycles. The van der Waals surface area contributed by atoms with Gasteiger partial charge in [-0.05, 0) is 47.0 Å². The zero-order valence-corrected chi connectivity index (χ0v) is 16.2. The fraction of sp³-hybridized carbons (Fsp3) is 0.882. The van der Waals surface area contributed by atoms with Crippen molar-refractivity contribution >= 4 is 12.1 Å². The molecule has 0 spiro atoms. The number of rotatable bonds is 7. The Morgan fingerprint density at radius 3 is 2.22 bits per heavy atom.